The Morgan fingerprint density at radius 3 is 2.82 bits per heavy atom. The summed E-state index contributed by atoms with van der Waals surface area (Å²) in [6, 6.07) is 0.743. The number of anilines is 1. The lowest BCUT2D eigenvalue weighted by molar-refractivity contribution is 0.160. The molecule has 1 aromatic heterocycles. The highest BCUT2D eigenvalue weighted by Gasteiger charge is 2.17. The van der Waals surface area contributed by atoms with Crippen LogP contribution in [0.25, 0.3) is 0 Å². The molecule has 0 aromatic carbocycles. The van der Waals surface area contributed by atoms with E-state index in [1.54, 1.807) is 11.3 Å². The monoisotopic (exact) mass is 406 g/mol. The van der Waals surface area contributed by atoms with Crippen LogP contribution >= 0.6 is 11.3 Å². The van der Waals surface area contributed by atoms with Crippen LogP contribution in [0.5, 0.6) is 0 Å². The Hall–Kier alpha value is -1.34. The Bertz CT molecular complexity index is 595. The van der Waals surface area contributed by atoms with Gasteiger partial charge in [-0.1, -0.05) is 6.42 Å². The Balaban J connectivity index is 1.37. The van der Waals surface area contributed by atoms with E-state index in [9.17, 15) is 0 Å². The number of hydrogen-bond acceptors (Lipinski definition) is 5. The second-order valence-corrected chi connectivity index (χ2v) is 8.82. The first-order chi connectivity index (χ1) is 13.8. The van der Waals surface area contributed by atoms with Crippen LogP contribution in [0.1, 0.15) is 58.1 Å². The van der Waals surface area contributed by atoms with Gasteiger partial charge in [-0.3, -0.25) is 4.99 Å². The van der Waals surface area contributed by atoms with Crippen molar-refractivity contribution in [3.05, 3.63) is 11.1 Å². The summed E-state index contributed by atoms with van der Waals surface area (Å²) in [4.78, 5) is 14.6. The summed E-state index contributed by atoms with van der Waals surface area (Å²) in [7, 11) is 0. The fraction of sp³-hybridized carbons (Fsp3) is 0.810. The van der Waals surface area contributed by atoms with Gasteiger partial charge >= 0.3 is 0 Å². The lowest BCUT2D eigenvalue weighted by Crippen LogP contribution is -2.39. The molecule has 158 valence electrons. The summed E-state index contributed by atoms with van der Waals surface area (Å²) in [6.45, 7) is 11.9. The molecule has 0 aliphatic carbocycles. The maximum absolute atomic E-state index is 4.81. The molecule has 0 radical (unpaired) electrons. The summed E-state index contributed by atoms with van der Waals surface area (Å²) >= 11 is 1.78. The molecular formula is C21H38N6S. The van der Waals surface area contributed by atoms with Gasteiger partial charge in [0.2, 0.25) is 0 Å². The number of aromatic nitrogens is 1. The van der Waals surface area contributed by atoms with Gasteiger partial charge < -0.3 is 20.4 Å². The molecule has 6 nitrogen and oxygen atoms in total. The van der Waals surface area contributed by atoms with Crippen molar-refractivity contribution >= 4 is 22.4 Å². The molecule has 28 heavy (non-hydrogen) atoms. The highest BCUT2D eigenvalue weighted by atomic mass is 32.1. The summed E-state index contributed by atoms with van der Waals surface area (Å²) < 4.78 is 0. The lowest BCUT2D eigenvalue weighted by Gasteiger charge is -2.33. The number of nitrogens with zero attached hydrogens (tertiary/aromatic N) is 4. The zero-order chi connectivity index (χ0) is 19.6. The van der Waals surface area contributed by atoms with Crippen LogP contribution in [0.15, 0.2) is 10.4 Å². The van der Waals surface area contributed by atoms with Crippen molar-refractivity contribution in [3.8, 4) is 0 Å². The fourth-order valence-electron chi connectivity index (χ4n) is 4.07. The molecule has 2 aliphatic rings. The Morgan fingerprint density at radius 2 is 2.04 bits per heavy atom. The molecule has 2 N–H and O–H groups in total. The molecule has 1 unspecified atom stereocenters. The maximum atomic E-state index is 4.81. The van der Waals surface area contributed by atoms with E-state index in [4.69, 9.17) is 9.98 Å². The number of rotatable bonds is 9. The molecule has 1 atom stereocenters. The van der Waals surface area contributed by atoms with Crippen molar-refractivity contribution in [1.29, 1.82) is 0 Å². The number of hydrogen-bond donors (Lipinski definition) is 2. The van der Waals surface area contributed by atoms with E-state index in [2.05, 4.69) is 39.7 Å². The van der Waals surface area contributed by atoms with Crippen LogP contribution in [0.3, 0.4) is 0 Å². The van der Waals surface area contributed by atoms with Gasteiger partial charge in [0.15, 0.2) is 11.1 Å². The van der Waals surface area contributed by atoms with Gasteiger partial charge in [0, 0.05) is 57.1 Å². The van der Waals surface area contributed by atoms with Crippen molar-refractivity contribution in [1.82, 2.24) is 20.5 Å². The van der Waals surface area contributed by atoms with Crippen LogP contribution in [-0.4, -0.2) is 67.7 Å². The van der Waals surface area contributed by atoms with Gasteiger partial charge in [-0.15, -0.1) is 11.3 Å². The summed E-state index contributed by atoms with van der Waals surface area (Å²) in [5.41, 5.74) is 1.19. The molecule has 0 saturated carbocycles. The molecular weight excluding hydrogens is 368 g/mol. The number of aliphatic imine (C=N–C) groups is 1. The van der Waals surface area contributed by atoms with E-state index in [0.29, 0.717) is 0 Å². The first-order valence-corrected chi connectivity index (χ1v) is 12.1. The molecule has 0 spiro atoms. The van der Waals surface area contributed by atoms with Gasteiger partial charge in [0.05, 0.1) is 5.69 Å². The zero-order valence-corrected chi connectivity index (χ0v) is 18.6. The smallest absolute Gasteiger partial charge is 0.191 e. The molecule has 0 bridgehead atoms. The third-order valence-electron chi connectivity index (χ3n) is 5.75. The number of thiazole rings is 1. The number of likely N-dealkylation sites (tertiary alicyclic amines) is 1. The van der Waals surface area contributed by atoms with Crippen LogP contribution in [0.4, 0.5) is 5.13 Å². The van der Waals surface area contributed by atoms with Gasteiger partial charge in [0.25, 0.3) is 0 Å². The molecule has 1 aromatic rings. The van der Waals surface area contributed by atoms with Crippen LogP contribution in [-0.2, 0) is 6.42 Å². The van der Waals surface area contributed by atoms with Gasteiger partial charge in [-0.05, 0) is 52.5 Å². The van der Waals surface area contributed by atoms with E-state index in [1.807, 2.05) is 0 Å². The Kier molecular flexibility index (Phi) is 8.86. The number of nitrogens with one attached hydrogen (secondary N) is 2. The molecule has 3 rings (SSSR count). The average Bonchev–Trinajstić information content (AvgIpc) is 3.38. The van der Waals surface area contributed by atoms with E-state index in [-0.39, 0.29) is 0 Å². The minimum absolute atomic E-state index is 0.743. The van der Waals surface area contributed by atoms with Gasteiger partial charge in [-0.25, -0.2) is 4.98 Å². The third-order valence-corrected chi connectivity index (χ3v) is 6.70. The predicted molar refractivity (Wildman–Crippen MR) is 121 cm³/mol. The van der Waals surface area contributed by atoms with E-state index in [1.165, 1.54) is 69.1 Å². The fourth-order valence-corrected chi connectivity index (χ4v) is 4.98. The standard InChI is InChI=1S/C21H38N6S/c1-3-22-20(23-11-8-16-26-13-5-4-9-18(26)2)24-12-10-19-17-28-21(25-19)27-14-6-7-15-27/h17-18H,3-16H2,1-2H3,(H2,22,23,24). The molecule has 7 heteroatoms. The minimum atomic E-state index is 0.743. The first-order valence-electron chi connectivity index (χ1n) is 11.2. The second kappa shape index (κ2) is 11.6. The largest absolute Gasteiger partial charge is 0.357 e. The topological polar surface area (TPSA) is 55.8 Å². The predicted octanol–water partition coefficient (Wildman–Crippen LogP) is 3.11. The maximum Gasteiger partial charge on any atom is 0.191 e. The summed E-state index contributed by atoms with van der Waals surface area (Å²) in [6.07, 6.45) is 8.78. The van der Waals surface area contributed by atoms with Crippen molar-refractivity contribution in [3.63, 3.8) is 0 Å². The molecule has 3 heterocycles. The quantitative estimate of drug-likeness (QED) is 0.375. The number of piperidine rings is 1. The molecule has 2 aliphatic heterocycles. The van der Waals surface area contributed by atoms with Crippen molar-refractivity contribution in [2.45, 2.75) is 64.8 Å². The van der Waals surface area contributed by atoms with Crippen LogP contribution in [0, 0.1) is 0 Å². The van der Waals surface area contributed by atoms with E-state index >= 15 is 0 Å². The van der Waals surface area contributed by atoms with E-state index in [0.717, 1.165) is 44.5 Å². The Labute approximate surface area is 174 Å². The average molecular weight is 407 g/mol. The zero-order valence-electron chi connectivity index (χ0n) is 17.8. The molecule has 2 saturated heterocycles. The third kappa shape index (κ3) is 6.62. The normalized spacial score (nSPS) is 21.3. The molecule has 0 amide bonds. The minimum Gasteiger partial charge on any atom is -0.357 e. The van der Waals surface area contributed by atoms with Gasteiger partial charge in [-0.2, -0.15) is 0 Å². The highest BCUT2D eigenvalue weighted by molar-refractivity contribution is 7.13. The van der Waals surface area contributed by atoms with Crippen LogP contribution in [0.2, 0.25) is 0 Å². The molecule has 2 fully saturated rings. The second-order valence-electron chi connectivity index (χ2n) is 7.99. The number of guanidine groups is 1. The van der Waals surface area contributed by atoms with Crippen LogP contribution < -0.4 is 15.5 Å². The first kappa shape index (κ1) is 21.4. The highest BCUT2D eigenvalue weighted by Crippen LogP contribution is 2.24. The SMILES string of the molecule is CCNC(=NCCCN1CCCCC1C)NCCc1csc(N2CCCC2)n1. The van der Waals surface area contributed by atoms with Crippen molar-refractivity contribution < 1.29 is 0 Å². The summed E-state index contributed by atoms with van der Waals surface area (Å²) in [5.74, 6) is 0.934. The Morgan fingerprint density at radius 1 is 1.21 bits per heavy atom. The van der Waals surface area contributed by atoms with Gasteiger partial charge in [0.1, 0.15) is 0 Å². The lowest BCUT2D eigenvalue weighted by atomic mass is 10.0. The summed E-state index contributed by atoms with van der Waals surface area (Å²) in [5, 5.41) is 10.2. The van der Waals surface area contributed by atoms with Crippen molar-refractivity contribution in [2.24, 2.45) is 4.99 Å². The van der Waals surface area contributed by atoms with Crippen molar-refractivity contribution in [2.75, 3.05) is 50.7 Å². The van der Waals surface area contributed by atoms with E-state index < -0.39 is 0 Å².